The van der Waals surface area contributed by atoms with Gasteiger partial charge in [-0.15, -0.1) is 24.2 Å². The van der Waals surface area contributed by atoms with Crippen LogP contribution in [0.25, 0.3) is 0 Å². The lowest BCUT2D eigenvalue weighted by atomic mass is 9.89. The Morgan fingerprint density at radius 2 is 2.24 bits per heavy atom. The van der Waals surface area contributed by atoms with E-state index < -0.39 is 0 Å². The molecule has 0 saturated carbocycles. The summed E-state index contributed by atoms with van der Waals surface area (Å²) in [5.41, 5.74) is 0.0416. The predicted molar refractivity (Wildman–Crippen MR) is 74.8 cm³/mol. The molecule has 0 bridgehead atoms. The lowest BCUT2D eigenvalue weighted by molar-refractivity contribution is -0.123. The van der Waals surface area contributed by atoms with Crippen LogP contribution in [-0.2, 0) is 9.53 Å². The van der Waals surface area contributed by atoms with E-state index >= 15 is 0 Å². The Labute approximate surface area is 114 Å². The van der Waals surface area contributed by atoms with Crippen LogP contribution in [0.4, 0.5) is 0 Å². The standard InChI is InChI=1S/C11H22N2O2S.ClH/c1-11(2,3)9(15-4)5-12-10(14)8-6-16-7-13-8;/h8-9,13H,5-7H2,1-4H3,(H,12,14);1H. The summed E-state index contributed by atoms with van der Waals surface area (Å²) in [4.78, 5) is 11.8. The molecule has 2 atom stereocenters. The monoisotopic (exact) mass is 282 g/mol. The van der Waals surface area contributed by atoms with Crippen molar-refractivity contribution in [1.82, 2.24) is 10.6 Å². The number of hydrogen-bond donors (Lipinski definition) is 2. The number of hydrogen-bond acceptors (Lipinski definition) is 4. The molecule has 6 heteroatoms. The van der Waals surface area contributed by atoms with E-state index in [0.29, 0.717) is 6.54 Å². The van der Waals surface area contributed by atoms with E-state index in [9.17, 15) is 4.79 Å². The highest BCUT2D eigenvalue weighted by molar-refractivity contribution is 7.99. The predicted octanol–water partition coefficient (Wildman–Crippen LogP) is 1.25. The van der Waals surface area contributed by atoms with Gasteiger partial charge in [0.15, 0.2) is 0 Å². The van der Waals surface area contributed by atoms with Gasteiger partial charge in [-0.2, -0.15) is 0 Å². The third-order valence-corrected chi connectivity index (χ3v) is 3.68. The molecule has 0 spiro atoms. The quantitative estimate of drug-likeness (QED) is 0.815. The molecule has 1 saturated heterocycles. The molecule has 1 fully saturated rings. The second kappa shape index (κ2) is 7.46. The summed E-state index contributed by atoms with van der Waals surface area (Å²) in [7, 11) is 1.69. The Bertz CT molecular complexity index is 240. The first-order chi connectivity index (χ1) is 7.45. The Hall–Kier alpha value is 0.0300. The zero-order valence-electron chi connectivity index (χ0n) is 10.9. The van der Waals surface area contributed by atoms with E-state index in [2.05, 4.69) is 31.4 Å². The summed E-state index contributed by atoms with van der Waals surface area (Å²) in [5, 5.41) is 6.09. The SMILES string of the molecule is COC(CNC(=O)C1CSCN1)C(C)(C)C.Cl. The lowest BCUT2D eigenvalue weighted by Crippen LogP contribution is -2.47. The molecule has 1 aliphatic heterocycles. The van der Waals surface area contributed by atoms with Crippen LogP contribution in [0, 0.1) is 5.41 Å². The topological polar surface area (TPSA) is 50.4 Å². The van der Waals surface area contributed by atoms with E-state index in [4.69, 9.17) is 4.74 Å². The molecule has 102 valence electrons. The van der Waals surface area contributed by atoms with Crippen LogP contribution < -0.4 is 10.6 Å². The third kappa shape index (κ3) is 5.46. The zero-order valence-corrected chi connectivity index (χ0v) is 12.5. The van der Waals surface area contributed by atoms with Crippen LogP contribution in [0.1, 0.15) is 20.8 Å². The number of nitrogens with one attached hydrogen (secondary N) is 2. The average molecular weight is 283 g/mol. The smallest absolute Gasteiger partial charge is 0.238 e. The number of ether oxygens (including phenoxy) is 1. The number of rotatable bonds is 4. The highest BCUT2D eigenvalue weighted by Gasteiger charge is 2.27. The number of methoxy groups -OCH3 is 1. The van der Waals surface area contributed by atoms with Gasteiger partial charge in [0.05, 0.1) is 12.1 Å². The number of thioether (sulfide) groups is 1. The molecule has 1 rings (SSSR count). The van der Waals surface area contributed by atoms with Crippen molar-refractivity contribution in [1.29, 1.82) is 0 Å². The highest BCUT2D eigenvalue weighted by Crippen LogP contribution is 2.21. The number of carbonyl (C=O) groups is 1. The second-order valence-corrected chi connectivity index (χ2v) is 6.14. The summed E-state index contributed by atoms with van der Waals surface area (Å²) >= 11 is 1.75. The molecule has 1 aliphatic rings. The molecule has 2 N–H and O–H groups in total. The second-order valence-electron chi connectivity index (χ2n) is 5.11. The van der Waals surface area contributed by atoms with Crippen LogP contribution in [0.5, 0.6) is 0 Å². The fraction of sp³-hybridized carbons (Fsp3) is 0.909. The van der Waals surface area contributed by atoms with Crippen molar-refractivity contribution in [3.05, 3.63) is 0 Å². The van der Waals surface area contributed by atoms with E-state index in [1.165, 1.54) is 0 Å². The number of carbonyl (C=O) groups excluding carboxylic acids is 1. The van der Waals surface area contributed by atoms with Gasteiger partial charge in [-0.05, 0) is 5.41 Å². The van der Waals surface area contributed by atoms with E-state index in [-0.39, 0.29) is 35.9 Å². The van der Waals surface area contributed by atoms with Gasteiger partial charge in [-0.1, -0.05) is 20.8 Å². The van der Waals surface area contributed by atoms with Gasteiger partial charge in [-0.25, -0.2) is 0 Å². The zero-order chi connectivity index (χ0) is 12.2. The van der Waals surface area contributed by atoms with E-state index in [0.717, 1.165) is 11.6 Å². The molecule has 4 nitrogen and oxygen atoms in total. The average Bonchev–Trinajstić information content (AvgIpc) is 2.68. The van der Waals surface area contributed by atoms with Crippen molar-refractivity contribution in [2.45, 2.75) is 32.9 Å². The molecule has 0 aromatic carbocycles. The Kier molecular flexibility index (Phi) is 7.47. The molecule has 1 heterocycles. The molecule has 1 amide bonds. The van der Waals surface area contributed by atoms with Gasteiger partial charge >= 0.3 is 0 Å². The Morgan fingerprint density at radius 1 is 1.59 bits per heavy atom. The first kappa shape index (κ1) is 17.0. The normalized spacial score (nSPS) is 21.8. The van der Waals surface area contributed by atoms with Crippen LogP contribution in [0.15, 0.2) is 0 Å². The summed E-state index contributed by atoms with van der Waals surface area (Å²) in [6, 6.07) is -0.0394. The van der Waals surface area contributed by atoms with E-state index in [1.54, 1.807) is 18.9 Å². The van der Waals surface area contributed by atoms with Gasteiger partial charge < -0.3 is 10.1 Å². The highest BCUT2D eigenvalue weighted by atomic mass is 35.5. The molecule has 0 aromatic rings. The van der Waals surface area contributed by atoms with Crippen molar-refractivity contribution < 1.29 is 9.53 Å². The molecule has 2 unspecified atom stereocenters. The molecular weight excluding hydrogens is 260 g/mol. The summed E-state index contributed by atoms with van der Waals surface area (Å²) in [6.45, 7) is 6.90. The maximum atomic E-state index is 11.8. The van der Waals surface area contributed by atoms with Crippen molar-refractivity contribution in [3.8, 4) is 0 Å². The summed E-state index contributed by atoms with van der Waals surface area (Å²) in [6.07, 6.45) is 0.0468. The van der Waals surface area contributed by atoms with Gasteiger partial charge in [0.25, 0.3) is 0 Å². The van der Waals surface area contributed by atoms with Gasteiger partial charge in [0, 0.05) is 25.3 Å². The van der Waals surface area contributed by atoms with Crippen LogP contribution >= 0.6 is 24.2 Å². The summed E-state index contributed by atoms with van der Waals surface area (Å²) in [5.74, 6) is 1.81. The molecule has 0 aliphatic carbocycles. The maximum absolute atomic E-state index is 11.8. The van der Waals surface area contributed by atoms with Crippen LogP contribution in [0.3, 0.4) is 0 Å². The van der Waals surface area contributed by atoms with Gasteiger partial charge in [0.1, 0.15) is 0 Å². The van der Waals surface area contributed by atoms with Crippen molar-refractivity contribution >= 4 is 30.1 Å². The number of amides is 1. The van der Waals surface area contributed by atoms with Crippen molar-refractivity contribution in [3.63, 3.8) is 0 Å². The minimum Gasteiger partial charge on any atom is -0.379 e. The third-order valence-electron chi connectivity index (χ3n) is 2.74. The fourth-order valence-corrected chi connectivity index (χ4v) is 2.56. The van der Waals surface area contributed by atoms with E-state index in [1.807, 2.05) is 0 Å². The number of halogens is 1. The molecule has 0 radical (unpaired) electrons. The first-order valence-corrected chi connectivity index (χ1v) is 6.72. The molecular formula is C11H23ClN2O2S. The molecule has 0 aromatic heterocycles. The Morgan fingerprint density at radius 3 is 2.65 bits per heavy atom. The fourth-order valence-electron chi connectivity index (χ4n) is 1.62. The summed E-state index contributed by atoms with van der Waals surface area (Å²) < 4.78 is 5.39. The largest absolute Gasteiger partial charge is 0.379 e. The molecule has 17 heavy (non-hydrogen) atoms. The van der Waals surface area contributed by atoms with Crippen molar-refractivity contribution in [2.24, 2.45) is 5.41 Å². The minimum absolute atomic E-state index is 0. The van der Waals surface area contributed by atoms with Gasteiger partial charge in [0.2, 0.25) is 5.91 Å². The minimum atomic E-state index is -0.0394. The van der Waals surface area contributed by atoms with Crippen LogP contribution in [0.2, 0.25) is 0 Å². The lowest BCUT2D eigenvalue weighted by Gasteiger charge is -2.29. The van der Waals surface area contributed by atoms with Gasteiger partial charge in [-0.3, -0.25) is 10.1 Å². The first-order valence-electron chi connectivity index (χ1n) is 5.57. The maximum Gasteiger partial charge on any atom is 0.238 e. The Balaban J connectivity index is 0.00000256. The van der Waals surface area contributed by atoms with Crippen LogP contribution in [-0.4, -0.2) is 43.3 Å². The van der Waals surface area contributed by atoms with Crippen molar-refractivity contribution in [2.75, 3.05) is 25.3 Å².